The fourth-order valence-corrected chi connectivity index (χ4v) is 2.45. The molecule has 0 aromatic heterocycles. The Bertz CT molecular complexity index is 601. The van der Waals surface area contributed by atoms with Gasteiger partial charge in [0.1, 0.15) is 6.61 Å². The molecular formula is C20H25NO3. The van der Waals surface area contributed by atoms with Crippen LogP contribution in [0.4, 0.5) is 0 Å². The molecular weight excluding hydrogens is 302 g/mol. The Balaban J connectivity index is 1.87. The monoisotopic (exact) mass is 327 g/mol. The predicted molar refractivity (Wildman–Crippen MR) is 94.5 cm³/mol. The van der Waals surface area contributed by atoms with Crippen LogP contribution in [0.15, 0.2) is 60.7 Å². The van der Waals surface area contributed by atoms with Gasteiger partial charge < -0.3 is 14.8 Å². The van der Waals surface area contributed by atoms with Crippen molar-refractivity contribution in [2.24, 2.45) is 0 Å². The van der Waals surface area contributed by atoms with Gasteiger partial charge in [0.05, 0.1) is 19.3 Å². The van der Waals surface area contributed by atoms with Crippen LogP contribution in [0.2, 0.25) is 0 Å². The van der Waals surface area contributed by atoms with Gasteiger partial charge in [-0.25, -0.2) is 0 Å². The van der Waals surface area contributed by atoms with Gasteiger partial charge in [0.2, 0.25) is 0 Å². The molecule has 0 bridgehead atoms. The lowest BCUT2D eigenvalue weighted by Gasteiger charge is -2.23. The minimum absolute atomic E-state index is 0.0622. The zero-order chi connectivity index (χ0) is 17.2. The third kappa shape index (κ3) is 6.52. The number of hydrogen-bond acceptors (Lipinski definition) is 4. The molecule has 2 aromatic carbocycles. The van der Waals surface area contributed by atoms with Crippen LogP contribution in [-0.4, -0.2) is 25.2 Å². The molecule has 1 N–H and O–H groups in total. The number of carbonyl (C=O) groups excluding carboxylic acids is 1. The van der Waals surface area contributed by atoms with E-state index >= 15 is 0 Å². The smallest absolute Gasteiger partial charge is 0.302 e. The Labute approximate surface area is 143 Å². The largest absolute Gasteiger partial charge is 0.464 e. The Morgan fingerprint density at radius 2 is 1.62 bits per heavy atom. The lowest BCUT2D eigenvalue weighted by atomic mass is 10.1. The minimum atomic E-state index is -0.280. The van der Waals surface area contributed by atoms with Gasteiger partial charge >= 0.3 is 5.97 Å². The molecule has 0 aliphatic heterocycles. The van der Waals surface area contributed by atoms with Crippen LogP contribution in [-0.2, 0) is 20.9 Å². The maximum absolute atomic E-state index is 11.1. The van der Waals surface area contributed by atoms with E-state index in [1.54, 1.807) is 0 Å². The van der Waals surface area contributed by atoms with Crippen LogP contribution >= 0.6 is 0 Å². The summed E-state index contributed by atoms with van der Waals surface area (Å²) in [6, 6.07) is 20.3. The molecule has 4 nitrogen and oxygen atoms in total. The molecule has 0 fully saturated rings. The Morgan fingerprint density at radius 1 is 1.00 bits per heavy atom. The molecule has 0 aliphatic carbocycles. The summed E-state index contributed by atoms with van der Waals surface area (Å²) in [6.07, 6.45) is 0. The zero-order valence-corrected chi connectivity index (χ0v) is 14.3. The fraction of sp³-hybridized carbons (Fsp3) is 0.350. The molecule has 0 heterocycles. The van der Waals surface area contributed by atoms with E-state index in [2.05, 4.69) is 24.4 Å². The van der Waals surface area contributed by atoms with Crippen LogP contribution in [0.1, 0.15) is 31.0 Å². The second-order valence-electron chi connectivity index (χ2n) is 5.80. The van der Waals surface area contributed by atoms with Crippen molar-refractivity contribution in [2.75, 3.05) is 13.2 Å². The second-order valence-corrected chi connectivity index (χ2v) is 5.80. The predicted octanol–water partition coefficient (Wildman–Crippen LogP) is 3.49. The maximum Gasteiger partial charge on any atom is 0.302 e. The van der Waals surface area contributed by atoms with Gasteiger partial charge in [-0.3, -0.25) is 4.79 Å². The van der Waals surface area contributed by atoms with E-state index in [9.17, 15) is 4.79 Å². The van der Waals surface area contributed by atoms with E-state index in [4.69, 9.17) is 9.47 Å². The summed E-state index contributed by atoms with van der Waals surface area (Å²) in [5, 5.41) is 3.47. The molecule has 0 spiro atoms. The quantitative estimate of drug-likeness (QED) is 0.716. The van der Waals surface area contributed by atoms with Crippen molar-refractivity contribution in [3.05, 3.63) is 71.8 Å². The molecule has 2 atom stereocenters. The number of ether oxygens (including phenoxy) is 2. The van der Waals surface area contributed by atoms with E-state index in [1.807, 2.05) is 48.5 Å². The molecule has 0 unspecified atom stereocenters. The molecule has 24 heavy (non-hydrogen) atoms. The molecule has 0 radical (unpaired) electrons. The standard InChI is InChI=1S/C20H25NO3/c1-16(19-11-7-4-8-12-19)21-20(15-24-17(2)22)14-23-13-18-9-5-3-6-10-18/h3-12,16,20-21H,13-15H2,1-2H3/t16-,20+/m0/s1. The third-order valence-corrected chi connectivity index (χ3v) is 3.70. The summed E-state index contributed by atoms with van der Waals surface area (Å²) < 4.78 is 11.0. The van der Waals surface area contributed by atoms with Gasteiger partial charge in [-0.2, -0.15) is 0 Å². The van der Waals surface area contributed by atoms with Crippen molar-refractivity contribution in [3.63, 3.8) is 0 Å². The zero-order valence-electron chi connectivity index (χ0n) is 14.3. The first-order valence-corrected chi connectivity index (χ1v) is 8.21. The van der Waals surface area contributed by atoms with E-state index in [-0.39, 0.29) is 18.1 Å². The molecule has 0 aliphatic rings. The summed E-state index contributed by atoms with van der Waals surface area (Å²) in [6.45, 7) is 4.81. The van der Waals surface area contributed by atoms with Crippen molar-refractivity contribution in [1.29, 1.82) is 0 Å². The van der Waals surface area contributed by atoms with Crippen LogP contribution < -0.4 is 5.32 Å². The van der Waals surface area contributed by atoms with Gasteiger partial charge in [-0.1, -0.05) is 60.7 Å². The number of hydrogen-bond donors (Lipinski definition) is 1. The van der Waals surface area contributed by atoms with Gasteiger partial charge in [0.15, 0.2) is 0 Å². The maximum atomic E-state index is 11.1. The average molecular weight is 327 g/mol. The van der Waals surface area contributed by atoms with E-state index in [0.717, 1.165) is 5.56 Å². The normalized spacial score (nSPS) is 13.2. The van der Waals surface area contributed by atoms with Gasteiger partial charge in [0.25, 0.3) is 0 Å². The molecule has 0 saturated carbocycles. The van der Waals surface area contributed by atoms with Gasteiger partial charge in [-0.05, 0) is 18.1 Å². The van der Waals surface area contributed by atoms with Gasteiger partial charge in [-0.15, -0.1) is 0 Å². The topological polar surface area (TPSA) is 47.6 Å². The lowest BCUT2D eigenvalue weighted by molar-refractivity contribution is -0.142. The van der Waals surface area contributed by atoms with Crippen molar-refractivity contribution in [3.8, 4) is 0 Å². The van der Waals surface area contributed by atoms with Crippen LogP contribution in [0.25, 0.3) is 0 Å². The molecule has 128 valence electrons. The molecule has 4 heteroatoms. The van der Waals surface area contributed by atoms with E-state index in [0.29, 0.717) is 19.8 Å². The Hall–Kier alpha value is -2.17. The summed E-state index contributed by atoms with van der Waals surface area (Å²) in [7, 11) is 0. The first-order valence-electron chi connectivity index (χ1n) is 8.21. The molecule has 0 saturated heterocycles. The van der Waals surface area contributed by atoms with Crippen LogP contribution in [0, 0.1) is 0 Å². The first kappa shape index (κ1) is 18.2. The Morgan fingerprint density at radius 3 is 2.25 bits per heavy atom. The summed E-state index contributed by atoms with van der Waals surface area (Å²) >= 11 is 0. The summed E-state index contributed by atoms with van der Waals surface area (Å²) in [5.41, 5.74) is 2.31. The second kappa shape index (κ2) is 9.85. The SMILES string of the molecule is CC(=O)OC[C@@H](COCc1ccccc1)N[C@@H](C)c1ccccc1. The Kier molecular flexibility index (Phi) is 7.46. The number of rotatable bonds is 9. The lowest BCUT2D eigenvalue weighted by Crippen LogP contribution is -2.39. The number of esters is 1. The van der Waals surface area contributed by atoms with Crippen molar-refractivity contribution in [2.45, 2.75) is 32.5 Å². The highest BCUT2D eigenvalue weighted by Gasteiger charge is 2.15. The minimum Gasteiger partial charge on any atom is -0.464 e. The fourth-order valence-electron chi connectivity index (χ4n) is 2.45. The van der Waals surface area contributed by atoms with Crippen molar-refractivity contribution < 1.29 is 14.3 Å². The third-order valence-electron chi connectivity index (χ3n) is 3.70. The molecule has 2 aromatic rings. The number of carbonyl (C=O) groups is 1. The summed E-state index contributed by atoms with van der Waals surface area (Å²) in [5.74, 6) is -0.280. The van der Waals surface area contributed by atoms with Crippen molar-refractivity contribution in [1.82, 2.24) is 5.32 Å². The van der Waals surface area contributed by atoms with E-state index < -0.39 is 0 Å². The highest BCUT2D eigenvalue weighted by atomic mass is 16.5. The highest BCUT2D eigenvalue weighted by molar-refractivity contribution is 5.65. The first-order chi connectivity index (χ1) is 11.6. The van der Waals surface area contributed by atoms with Gasteiger partial charge in [0, 0.05) is 13.0 Å². The average Bonchev–Trinajstić information content (AvgIpc) is 2.61. The van der Waals surface area contributed by atoms with Crippen molar-refractivity contribution >= 4 is 5.97 Å². The molecule has 0 amide bonds. The number of nitrogens with one attached hydrogen (secondary N) is 1. The number of benzene rings is 2. The molecule has 2 rings (SSSR count). The summed E-state index contributed by atoms with van der Waals surface area (Å²) in [4.78, 5) is 11.1. The highest BCUT2D eigenvalue weighted by Crippen LogP contribution is 2.12. The van der Waals surface area contributed by atoms with Crippen LogP contribution in [0.3, 0.4) is 0 Å². The van der Waals surface area contributed by atoms with Crippen LogP contribution in [0.5, 0.6) is 0 Å². The van der Waals surface area contributed by atoms with E-state index in [1.165, 1.54) is 12.5 Å².